The zero-order chi connectivity index (χ0) is 13.5. The lowest BCUT2D eigenvalue weighted by Crippen LogP contribution is -2.04. The average molecular weight is 266 g/mol. The van der Waals surface area contributed by atoms with E-state index in [1.54, 1.807) is 36.4 Å². The van der Waals surface area contributed by atoms with E-state index in [0.717, 1.165) is 0 Å². The van der Waals surface area contributed by atoms with Gasteiger partial charge in [0.2, 0.25) is 0 Å². The summed E-state index contributed by atoms with van der Waals surface area (Å²) in [6.07, 6.45) is -3.69. The lowest BCUT2D eigenvalue weighted by Gasteiger charge is -2.10. The lowest BCUT2D eigenvalue weighted by molar-refractivity contribution is -0.564. The minimum Gasteiger partial charge on any atom is -0.207 e. The fraction of sp³-hybridized carbons (Fsp3) is 0.143. The molecule has 0 saturated carbocycles. The number of hydrogen-bond acceptors (Lipinski definition) is 3. The largest absolute Gasteiger partial charge is 0.259 e. The van der Waals surface area contributed by atoms with Gasteiger partial charge in [0.05, 0.1) is 0 Å². The molecule has 3 nitrogen and oxygen atoms in total. The summed E-state index contributed by atoms with van der Waals surface area (Å²) in [5.41, 5.74) is 0.502. The third-order valence-corrected chi connectivity index (χ3v) is 2.37. The van der Waals surface area contributed by atoms with Gasteiger partial charge in [-0.15, -0.1) is 0 Å². The first-order valence-corrected chi connectivity index (χ1v) is 5.64. The predicted octanol–water partition coefficient (Wildman–Crippen LogP) is 4.20. The Labute approximate surface area is 109 Å². The van der Waals surface area contributed by atoms with Crippen molar-refractivity contribution in [3.63, 3.8) is 0 Å². The van der Waals surface area contributed by atoms with Crippen molar-refractivity contribution in [2.75, 3.05) is 0 Å². The van der Waals surface area contributed by atoms with E-state index in [1.807, 2.05) is 0 Å². The molecule has 2 aromatic carbocycles. The number of benzene rings is 2. The van der Waals surface area contributed by atoms with Gasteiger partial charge >= 0.3 is 0 Å². The second kappa shape index (κ2) is 6.94. The van der Waals surface area contributed by atoms with Crippen LogP contribution in [0.3, 0.4) is 0 Å². The van der Waals surface area contributed by atoms with Crippen LogP contribution in [-0.2, 0) is 14.8 Å². The maximum absolute atomic E-state index is 13.4. The molecule has 2 aromatic rings. The maximum atomic E-state index is 13.4. The van der Waals surface area contributed by atoms with Gasteiger partial charge in [0.1, 0.15) is 0 Å². The van der Waals surface area contributed by atoms with Crippen LogP contribution in [0.25, 0.3) is 0 Å². The second-order valence-corrected chi connectivity index (χ2v) is 3.71. The molecule has 0 radical (unpaired) electrons. The first kappa shape index (κ1) is 13.6. The normalized spacial score (nSPS) is 14.0. The SMILES string of the molecule is FC(OOOC(F)c1ccccc1)c1ccccc1. The molecule has 0 amide bonds. The van der Waals surface area contributed by atoms with Gasteiger partial charge in [0, 0.05) is 11.1 Å². The summed E-state index contributed by atoms with van der Waals surface area (Å²) < 4.78 is 26.9. The average Bonchev–Trinajstić information content (AvgIpc) is 2.49. The van der Waals surface area contributed by atoms with Gasteiger partial charge in [-0.25, -0.2) is 8.78 Å². The van der Waals surface area contributed by atoms with E-state index in [2.05, 4.69) is 14.8 Å². The smallest absolute Gasteiger partial charge is 0.207 e. The molecule has 0 N–H and O–H groups in total. The van der Waals surface area contributed by atoms with Crippen molar-refractivity contribution in [2.45, 2.75) is 12.7 Å². The minimum atomic E-state index is -1.84. The number of rotatable bonds is 6. The summed E-state index contributed by atoms with van der Waals surface area (Å²) in [5.74, 6) is 0. The Kier molecular flexibility index (Phi) is 4.97. The highest BCUT2D eigenvalue weighted by atomic mass is 19.2. The summed E-state index contributed by atoms with van der Waals surface area (Å²) in [6, 6.07) is 16.1. The molecule has 0 saturated heterocycles. The summed E-state index contributed by atoms with van der Waals surface area (Å²) in [6.45, 7) is 0. The van der Waals surface area contributed by atoms with Crippen LogP contribution in [0.5, 0.6) is 0 Å². The predicted molar refractivity (Wildman–Crippen MR) is 63.8 cm³/mol. The standard InChI is InChI=1S/C14H12F2O3/c15-13(11-7-3-1-4-8-11)17-19-18-14(16)12-9-5-2-6-10-12/h1-10,13-14H. The quantitative estimate of drug-likeness (QED) is 0.579. The second-order valence-electron chi connectivity index (χ2n) is 3.71. The van der Waals surface area contributed by atoms with Gasteiger partial charge in [-0.2, -0.15) is 9.78 Å². The van der Waals surface area contributed by atoms with Crippen LogP contribution in [0, 0.1) is 0 Å². The van der Waals surface area contributed by atoms with Crippen LogP contribution in [0.4, 0.5) is 8.78 Å². The fourth-order valence-corrected chi connectivity index (χ4v) is 1.41. The van der Waals surface area contributed by atoms with E-state index in [0.29, 0.717) is 0 Å². The van der Waals surface area contributed by atoms with E-state index < -0.39 is 12.7 Å². The molecule has 0 aliphatic heterocycles. The summed E-state index contributed by atoms with van der Waals surface area (Å²) in [5, 5.41) is 4.12. The molecule has 0 spiro atoms. The van der Waals surface area contributed by atoms with Gasteiger partial charge in [-0.3, -0.25) is 0 Å². The minimum absolute atomic E-state index is 0.251. The van der Waals surface area contributed by atoms with Crippen molar-refractivity contribution in [1.82, 2.24) is 0 Å². The molecule has 2 atom stereocenters. The third-order valence-electron chi connectivity index (χ3n) is 2.37. The van der Waals surface area contributed by atoms with Crippen LogP contribution in [0.15, 0.2) is 60.7 Å². The van der Waals surface area contributed by atoms with Gasteiger partial charge in [0.25, 0.3) is 12.7 Å². The molecule has 0 aliphatic rings. The number of halogens is 2. The number of alkyl halides is 2. The Morgan fingerprint density at radius 3 is 1.37 bits per heavy atom. The van der Waals surface area contributed by atoms with Crippen LogP contribution >= 0.6 is 0 Å². The maximum Gasteiger partial charge on any atom is 0.259 e. The molecule has 0 fully saturated rings. The lowest BCUT2D eigenvalue weighted by atomic mass is 10.2. The first-order chi connectivity index (χ1) is 9.27. The zero-order valence-electron chi connectivity index (χ0n) is 9.91. The summed E-state index contributed by atoms with van der Waals surface area (Å²) >= 11 is 0. The van der Waals surface area contributed by atoms with E-state index >= 15 is 0 Å². The van der Waals surface area contributed by atoms with Crippen LogP contribution in [0.2, 0.25) is 0 Å². The van der Waals surface area contributed by atoms with Crippen molar-refractivity contribution >= 4 is 0 Å². The van der Waals surface area contributed by atoms with E-state index in [-0.39, 0.29) is 11.1 Å². The van der Waals surface area contributed by atoms with Crippen molar-refractivity contribution < 1.29 is 23.6 Å². The molecular formula is C14H12F2O3. The van der Waals surface area contributed by atoms with Crippen LogP contribution in [-0.4, -0.2) is 0 Å². The molecule has 0 heterocycles. The zero-order valence-corrected chi connectivity index (χ0v) is 9.91. The van der Waals surface area contributed by atoms with Crippen molar-refractivity contribution in [2.24, 2.45) is 0 Å². The van der Waals surface area contributed by atoms with E-state index in [1.165, 1.54) is 24.3 Å². The molecule has 100 valence electrons. The van der Waals surface area contributed by atoms with Gasteiger partial charge in [0.15, 0.2) is 0 Å². The highest BCUT2D eigenvalue weighted by Gasteiger charge is 2.15. The molecule has 2 rings (SSSR count). The molecule has 0 aromatic heterocycles. The summed E-state index contributed by atoms with van der Waals surface area (Å²) in [4.78, 5) is 8.58. The molecule has 19 heavy (non-hydrogen) atoms. The van der Waals surface area contributed by atoms with Crippen molar-refractivity contribution in [3.05, 3.63) is 71.8 Å². The van der Waals surface area contributed by atoms with Gasteiger partial charge in [-0.05, 0) is 0 Å². The fourth-order valence-electron chi connectivity index (χ4n) is 1.41. The van der Waals surface area contributed by atoms with E-state index in [9.17, 15) is 8.78 Å². The van der Waals surface area contributed by atoms with Gasteiger partial charge < -0.3 is 0 Å². The summed E-state index contributed by atoms with van der Waals surface area (Å²) in [7, 11) is 0. The Morgan fingerprint density at radius 2 is 1.00 bits per heavy atom. The highest BCUT2D eigenvalue weighted by Crippen LogP contribution is 2.22. The number of hydrogen-bond donors (Lipinski definition) is 0. The molecular weight excluding hydrogens is 254 g/mol. The Balaban J connectivity index is 1.78. The van der Waals surface area contributed by atoms with Crippen LogP contribution < -0.4 is 0 Å². The van der Waals surface area contributed by atoms with Crippen molar-refractivity contribution in [3.8, 4) is 0 Å². The van der Waals surface area contributed by atoms with Crippen LogP contribution in [0.1, 0.15) is 23.8 Å². The van der Waals surface area contributed by atoms with E-state index in [4.69, 9.17) is 0 Å². The Morgan fingerprint density at radius 1 is 0.632 bits per heavy atom. The molecule has 0 bridgehead atoms. The Hall–Kier alpha value is -1.82. The van der Waals surface area contributed by atoms with Crippen molar-refractivity contribution in [1.29, 1.82) is 0 Å². The Bertz CT molecular complexity index is 433. The molecule has 5 heteroatoms. The monoisotopic (exact) mass is 266 g/mol. The first-order valence-electron chi connectivity index (χ1n) is 5.64. The molecule has 2 unspecified atom stereocenters. The highest BCUT2D eigenvalue weighted by molar-refractivity contribution is 5.16. The molecule has 0 aliphatic carbocycles. The topological polar surface area (TPSA) is 27.7 Å². The van der Waals surface area contributed by atoms with Gasteiger partial charge in [-0.1, -0.05) is 65.7 Å². The third kappa shape index (κ3) is 4.10.